The fraction of sp³-hybridized carbons (Fsp3) is 0.500. The van der Waals surface area contributed by atoms with Crippen LogP contribution in [0.25, 0.3) is 10.2 Å². The summed E-state index contributed by atoms with van der Waals surface area (Å²) in [6.45, 7) is 2.29. The molecule has 1 N–H and O–H groups in total. The molecule has 2 nitrogen and oxygen atoms in total. The highest BCUT2D eigenvalue weighted by atomic mass is 32.1. The molecule has 0 spiro atoms. The number of hydrogen-bond donors (Lipinski definition) is 1. The van der Waals surface area contributed by atoms with Crippen molar-refractivity contribution >= 4 is 21.6 Å². The van der Waals surface area contributed by atoms with Gasteiger partial charge in [-0.15, -0.1) is 11.3 Å². The maximum atomic E-state index is 4.80. The molecule has 1 saturated carbocycles. The monoisotopic (exact) mass is 244 g/mol. The molecule has 88 valence electrons. The van der Waals surface area contributed by atoms with Crippen LogP contribution >= 0.6 is 11.3 Å². The first kappa shape index (κ1) is 10.0. The number of nitrogens with zero attached hydrogens (tertiary/aromatic N) is 1. The smallest absolute Gasteiger partial charge is 0.0969 e. The van der Waals surface area contributed by atoms with Gasteiger partial charge < -0.3 is 5.32 Å². The van der Waals surface area contributed by atoms with E-state index in [0.717, 1.165) is 19.0 Å². The van der Waals surface area contributed by atoms with Gasteiger partial charge in [-0.05, 0) is 49.4 Å². The van der Waals surface area contributed by atoms with Gasteiger partial charge in [-0.1, -0.05) is 6.07 Å². The van der Waals surface area contributed by atoms with Crippen molar-refractivity contribution in [3.63, 3.8) is 0 Å². The summed E-state index contributed by atoms with van der Waals surface area (Å²) in [4.78, 5) is 4.80. The highest BCUT2D eigenvalue weighted by molar-refractivity contribution is 7.18. The van der Waals surface area contributed by atoms with E-state index in [4.69, 9.17) is 4.98 Å². The molecule has 2 heterocycles. The van der Waals surface area contributed by atoms with Gasteiger partial charge in [-0.2, -0.15) is 0 Å². The lowest BCUT2D eigenvalue weighted by molar-refractivity contribution is 0.764. The van der Waals surface area contributed by atoms with Crippen LogP contribution < -0.4 is 5.32 Å². The highest BCUT2D eigenvalue weighted by Crippen LogP contribution is 2.43. The molecule has 1 atom stereocenters. The molecular weight excluding hydrogens is 228 g/mol. The van der Waals surface area contributed by atoms with E-state index < -0.39 is 0 Å². The number of benzene rings is 1. The molecule has 0 radical (unpaired) electrons. The van der Waals surface area contributed by atoms with Gasteiger partial charge in [0.05, 0.1) is 15.2 Å². The fourth-order valence-electron chi connectivity index (χ4n) is 2.66. The van der Waals surface area contributed by atoms with Crippen LogP contribution in [0.15, 0.2) is 18.2 Å². The summed E-state index contributed by atoms with van der Waals surface area (Å²) < 4.78 is 1.36. The molecule has 1 aromatic carbocycles. The SMILES string of the molecule is c1cc2sc(C3CC3)nc2cc1C1CCNC1. The Labute approximate surface area is 105 Å². The van der Waals surface area contributed by atoms with E-state index in [1.165, 1.54) is 40.1 Å². The number of fused-ring (bicyclic) bond motifs is 1. The van der Waals surface area contributed by atoms with Crippen LogP contribution in [0.1, 0.15) is 41.7 Å². The Balaban J connectivity index is 1.74. The van der Waals surface area contributed by atoms with E-state index in [9.17, 15) is 0 Å². The van der Waals surface area contributed by atoms with Crippen molar-refractivity contribution in [3.05, 3.63) is 28.8 Å². The molecule has 3 heteroatoms. The molecule has 2 aromatic rings. The molecule has 1 aliphatic carbocycles. The van der Waals surface area contributed by atoms with Crippen molar-refractivity contribution in [2.24, 2.45) is 0 Å². The summed E-state index contributed by atoms with van der Waals surface area (Å²) in [5.74, 6) is 1.48. The first-order valence-electron chi connectivity index (χ1n) is 6.51. The third-order valence-corrected chi connectivity index (χ3v) is 5.09. The second-order valence-corrected chi connectivity index (χ2v) is 6.31. The number of aromatic nitrogens is 1. The highest BCUT2D eigenvalue weighted by Gasteiger charge is 2.27. The molecule has 4 rings (SSSR count). The zero-order valence-electron chi connectivity index (χ0n) is 9.78. The summed E-state index contributed by atoms with van der Waals surface area (Å²) in [6, 6.07) is 6.89. The van der Waals surface area contributed by atoms with Gasteiger partial charge in [0, 0.05) is 12.5 Å². The van der Waals surface area contributed by atoms with Gasteiger partial charge >= 0.3 is 0 Å². The van der Waals surface area contributed by atoms with Crippen LogP contribution in [0, 0.1) is 0 Å². The lowest BCUT2D eigenvalue weighted by atomic mass is 9.98. The van der Waals surface area contributed by atoms with Crippen LogP contribution in [-0.4, -0.2) is 18.1 Å². The van der Waals surface area contributed by atoms with E-state index in [2.05, 4.69) is 23.5 Å². The van der Waals surface area contributed by atoms with E-state index in [0.29, 0.717) is 5.92 Å². The molecule has 1 saturated heterocycles. The Morgan fingerprint density at radius 2 is 2.12 bits per heavy atom. The third kappa shape index (κ3) is 1.78. The maximum Gasteiger partial charge on any atom is 0.0969 e. The molecule has 1 aliphatic heterocycles. The largest absolute Gasteiger partial charge is 0.316 e. The molecule has 0 amide bonds. The standard InChI is InChI=1S/C14H16N2S/c1-2-9(1)14-16-12-7-10(3-4-13(12)17-14)11-5-6-15-8-11/h3-4,7,9,11,15H,1-2,5-6,8H2. The Morgan fingerprint density at radius 3 is 2.88 bits per heavy atom. The normalized spacial score (nSPS) is 24.6. The second-order valence-electron chi connectivity index (χ2n) is 5.24. The van der Waals surface area contributed by atoms with Crippen LogP contribution in [-0.2, 0) is 0 Å². The Morgan fingerprint density at radius 1 is 1.18 bits per heavy atom. The minimum Gasteiger partial charge on any atom is -0.316 e. The first-order valence-corrected chi connectivity index (χ1v) is 7.33. The number of nitrogens with one attached hydrogen (secondary N) is 1. The van der Waals surface area contributed by atoms with E-state index >= 15 is 0 Å². The predicted molar refractivity (Wildman–Crippen MR) is 71.8 cm³/mol. The predicted octanol–water partition coefficient (Wildman–Crippen LogP) is 3.25. The van der Waals surface area contributed by atoms with Crippen molar-refractivity contribution in [1.82, 2.24) is 10.3 Å². The molecule has 0 bridgehead atoms. The number of thiazole rings is 1. The average molecular weight is 244 g/mol. The zero-order chi connectivity index (χ0) is 11.2. The minimum absolute atomic E-state index is 0.700. The second kappa shape index (κ2) is 3.79. The third-order valence-electron chi connectivity index (χ3n) is 3.89. The van der Waals surface area contributed by atoms with Crippen molar-refractivity contribution < 1.29 is 0 Å². The lowest BCUT2D eigenvalue weighted by Gasteiger charge is -2.07. The van der Waals surface area contributed by atoms with Gasteiger partial charge in [0.25, 0.3) is 0 Å². The molecular formula is C14H16N2S. The number of hydrogen-bond acceptors (Lipinski definition) is 3. The molecule has 1 unspecified atom stereocenters. The molecule has 2 aliphatic rings. The summed E-state index contributed by atoms with van der Waals surface area (Å²) in [6.07, 6.45) is 3.96. The van der Waals surface area contributed by atoms with Gasteiger partial charge in [-0.3, -0.25) is 0 Å². The quantitative estimate of drug-likeness (QED) is 0.877. The summed E-state index contributed by atoms with van der Waals surface area (Å²) in [5, 5.41) is 4.80. The van der Waals surface area contributed by atoms with Crippen molar-refractivity contribution in [2.45, 2.75) is 31.1 Å². The fourth-order valence-corrected chi connectivity index (χ4v) is 3.78. The van der Waals surface area contributed by atoms with Crippen LogP contribution in [0.3, 0.4) is 0 Å². The minimum atomic E-state index is 0.700. The van der Waals surface area contributed by atoms with Crippen LogP contribution in [0.2, 0.25) is 0 Å². The van der Waals surface area contributed by atoms with Gasteiger partial charge in [0.2, 0.25) is 0 Å². The topological polar surface area (TPSA) is 24.9 Å². The van der Waals surface area contributed by atoms with Crippen molar-refractivity contribution in [2.75, 3.05) is 13.1 Å². The molecule has 2 fully saturated rings. The van der Waals surface area contributed by atoms with Crippen molar-refractivity contribution in [3.8, 4) is 0 Å². The van der Waals surface area contributed by atoms with Gasteiger partial charge in [-0.25, -0.2) is 4.98 Å². The van der Waals surface area contributed by atoms with Gasteiger partial charge in [0.15, 0.2) is 0 Å². The van der Waals surface area contributed by atoms with Crippen molar-refractivity contribution in [1.29, 1.82) is 0 Å². The molecule has 17 heavy (non-hydrogen) atoms. The Kier molecular flexibility index (Phi) is 2.24. The lowest BCUT2D eigenvalue weighted by Crippen LogP contribution is -2.07. The Bertz CT molecular complexity index is 550. The molecule has 1 aromatic heterocycles. The maximum absolute atomic E-state index is 4.80. The zero-order valence-corrected chi connectivity index (χ0v) is 10.6. The van der Waals surface area contributed by atoms with Gasteiger partial charge in [0.1, 0.15) is 0 Å². The number of rotatable bonds is 2. The van der Waals surface area contributed by atoms with E-state index in [1.54, 1.807) is 0 Å². The summed E-state index contributed by atoms with van der Waals surface area (Å²) in [7, 11) is 0. The summed E-state index contributed by atoms with van der Waals surface area (Å²) >= 11 is 1.89. The summed E-state index contributed by atoms with van der Waals surface area (Å²) in [5.41, 5.74) is 2.69. The van der Waals surface area contributed by atoms with Crippen LogP contribution in [0.4, 0.5) is 0 Å². The first-order chi connectivity index (χ1) is 8.40. The Hall–Kier alpha value is -0.930. The van der Waals surface area contributed by atoms with E-state index in [1.807, 2.05) is 11.3 Å². The average Bonchev–Trinajstić information content (AvgIpc) is 2.92. The van der Waals surface area contributed by atoms with Crippen LogP contribution in [0.5, 0.6) is 0 Å². The van der Waals surface area contributed by atoms with E-state index in [-0.39, 0.29) is 0 Å².